The molecule has 3 fully saturated rings. The molecule has 7 aromatic heterocycles. The smallest absolute Gasteiger partial charge is 0.319 e. The summed E-state index contributed by atoms with van der Waals surface area (Å²) >= 11 is 0. The van der Waals surface area contributed by atoms with Crippen LogP contribution in [0.1, 0.15) is 224 Å². The monoisotopic (exact) mass is 2070 g/mol. The molecule has 6 aliphatic heterocycles. The lowest BCUT2D eigenvalue weighted by Gasteiger charge is -2.39. The van der Waals surface area contributed by atoms with E-state index in [2.05, 4.69) is 143 Å². The third-order valence-electron chi connectivity index (χ3n) is 29.3. The van der Waals surface area contributed by atoms with Crippen molar-refractivity contribution in [3.63, 3.8) is 0 Å². The van der Waals surface area contributed by atoms with Crippen LogP contribution in [0.25, 0.3) is 0 Å². The van der Waals surface area contributed by atoms with Crippen molar-refractivity contribution in [2.45, 2.75) is 249 Å². The molecular weight excluding hydrogens is 1930 g/mol. The number of carbonyl (C=O) groups is 5. The van der Waals surface area contributed by atoms with Gasteiger partial charge in [-0.25, -0.2) is 83.8 Å². The molecule has 4 atom stereocenters. The van der Waals surface area contributed by atoms with Crippen LogP contribution in [-0.4, -0.2) is 222 Å². The number of aryl methyl sites for hydroxylation is 1. The van der Waals surface area contributed by atoms with E-state index in [-0.39, 0.29) is 88.5 Å². The van der Waals surface area contributed by atoms with Crippen LogP contribution in [0, 0.1) is 0 Å². The molecule has 790 valence electrons. The van der Waals surface area contributed by atoms with E-state index >= 15 is 0 Å². The molecule has 0 unspecified atom stereocenters. The van der Waals surface area contributed by atoms with Crippen molar-refractivity contribution in [1.29, 1.82) is 0 Å². The van der Waals surface area contributed by atoms with Gasteiger partial charge >= 0.3 is 30.2 Å². The predicted octanol–water partition coefficient (Wildman–Crippen LogP) is 15.3. The number of aromatic nitrogens is 13. The van der Waals surface area contributed by atoms with Gasteiger partial charge in [-0.2, -0.15) is 27.0 Å². The SMILES string of the molecule is CC1(C)c2cnc(NC3CCC(O)CC3)nc2CN1C(=O)N[C@H](CO)c1ccccc1.CC1(C)c2cnc(Nc3ccccc3)nc2CN1C(=O)NCc1cocn1.CN(C)[C@@H]1CCCC[C@H]1NC(=O)N1Cc2nc(Nc3ccccc3)ncc2C1(C)C.CN1CCC(Nc2ncc3c(n2)CN(C(=O)N[C@H](CO)c2ccccc2)C3(C)C)CC1.Cn1cncc1CNC(=O)N1Cc2nc(Nc3ccccc3)ncc2C1(C)C.S.S. The summed E-state index contributed by atoms with van der Waals surface area (Å²) in [6.07, 6.45) is 25.2. The highest BCUT2D eigenvalue weighted by Gasteiger charge is 2.48. The van der Waals surface area contributed by atoms with E-state index in [1.54, 1.807) is 44.5 Å². The molecule has 10 amide bonds. The van der Waals surface area contributed by atoms with Crippen molar-refractivity contribution in [1.82, 2.24) is 125 Å². The van der Waals surface area contributed by atoms with Crippen LogP contribution < -0.4 is 53.2 Å². The third-order valence-corrected chi connectivity index (χ3v) is 29.3. The molecule has 2 saturated carbocycles. The number of rotatable bonds is 22. The molecule has 41 heteroatoms. The van der Waals surface area contributed by atoms with Crippen molar-refractivity contribution in [3.8, 4) is 0 Å². The number of aliphatic hydroxyl groups excluding tert-OH is 3. The molecule has 12 aromatic rings. The fourth-order valence-corrected chi connectivity index (χ4v) is 20.2. The zero-order chi connectivity index (χ0) is 104. The van der Waals surface area contributed by atoms with Gasteiger partial charge in [-0.15, -0.1) is 0 Å². The minimum Gasteiger partial charge on any atom is -0.451 e. The van der Waals surface area contributed by atoms with Gasteiger partial charge in [-0.05, 0) is 202 Å². The second-order valence-electron chi connectivity index (χ2n) is 41.2. The molecular formula is C108H142N30O9S2. The Morgan fingerprint density at radius 1 is 0.416 bits per heavy atom. The van der Waals surface area contributed by atoms with E-state index in [1.807, 2.05) is 242 Å². The first kappa shape index (κ1) is 110. The van der Waals surface area contributed by atoms with Crippen molar-refractivity contribution in [2.24, 2.45) is 7.05 Å². The average molecular weight is 2070 g/mol. The number of hydrogen-bond donors (Lipinski definition) is 13. The number of urea groups is 5. The summed E-state index contributed by atoms with van der Waals surface area (Å²) in [6, 6.07) is 47.8. The maximum atomic E-state index is 13.3. The summed E-state index contributed by atoms with van der Waals surface area (Å²) in [5.41, 5.74) is 12.6. The Hall–Kier alpha value is -14.2. The van der Waals surface area contributed by atoms with E-state index in [0.717, 1.165) is 155 Å². The number of carbonyl (C=O) groups excluding carboxylic acids is 5. The van der Waals surface area contributed by atoms with Crippen LogP contribution in [0.2, 0.25) is 0 Å². The Kier molecular flexibility index (Phi) is 36.2. The highest BCUT2D eigenvalue weighted by Crippen LogP contribution is 2.45. The molecule has 39 nitrogen and oxygen atoms in total. The molecule has 0 spiro atoms. The Morgan fingerprint density at radius 2 is 0.758 bits per heavy atom. The van der Waals surface area contributed by atoms with E-state index < -0.39 is 39.8 Å². The van der Waals surface area contributed by atoms with Gasteiger partial charge in [0.25, 0.3) is 0 Å². The number of anilines is 8. The number of nitrogens with one attached hydrogen (secondary N) is 10. The average Bonchev–Trinajstić information content (AvgIpc) is 1.63. The molecule has 5 aromatic carbocycles. The van der Waals surface area contributed by atoms with E-state index in [0.29, 0.717) is 93.3 Å². The summed E-state index contributed by atoms with van der Waals surface area (Å²) in [4.78, 5) is 132. The van der Waals surface area contributed by atoms with Gasteiger partial charge in [0.1, 0.15) is 6.26 Å². The van der Waals surface area contributed by atoms with E-state index in [1.165, 1.54) is 25.5 Å². The minimum absolute atomic E-state index is 0. The number of piperidine rings is 1. The lowest BCUT2D eigenvalue weighted by atomic mass is 9.89. The maximum absolute atomic E-state index is 13.3. The molecule has 13 N–H and O–H groups in total. The third kappa shape index (κ3) is 26.4. The number of oxazole rings is 1. The number of fused-ring (bicyclic) bond motifs is 5. The molecule has 149 heavy (non-hydrogen) atoms. The van der Waals surface area contributed by atoms with Gasteiger partial charge in [-0.3, -0.25) is 0 Å². The van der Waals surface area contributed by atoms with Gasteiger partial charge in [0.05, 0.1) is 151 Å². The van der Waals surface area contributed by atoms with Crippen LogP contribution in [0.15, 0.2) is 212 Å². The molecule has 1 saturated heterocycles. The molecule has 0 bridgehead atoms. The lowest BCUT2D eigenvalue weighted by Crippen LogP contribution is -2.55. The quantitative estimate of drug-likeness (QED) is 0.0300. The number of likely N-dealkylation sites (N-methyl/N-ethyl adjacent to an activating group) is 1. The zero-order valence-electron chi connectivity index (χ0n) is 87.3. The largest absolute Gasteiger partial charge is 0.451 e. The number of para-hydroxylation sites is 3. The van der Waals surface area contributed by atoms with E-state index in [4.69, 9.17) is 19.4 Å². The van der Waals surface area contributed by atoms with Crippen molar-refractivity contribution in [3.05, 3.63) is 287 Å². The summed E-state index contributed by atoms with van der Waals surface area (Å²) < 4.78 is 6.81. The van der Waals surface area contributed by atoms with E-state index in [9.17, 15) is 39.3 Å². The Balaban J connectivity index is 0.000000146. The number of benzene rings is 5. The van der Waals surface area contributed by atoms with Gasteiger partial charge in [0.2, 0.25) is 29.7 Å². The predicted molar refractivity (Wildman–Crippen MR) is 581 cm³/mol. The Labute approximate surface area is 884 Å². The summed E-state index contributed by atoms with van der Waals surface area (Å²) in [5, 5.41) is 60.9. The molecule has 0 radical (unpaired) electrons. The van der Waals surface area contributed by atoms with Gasteiger partial charge < -0.3 is 112 Å². The lowest BCUT2D eigenvalue weighted by molar-refractivity contribution is 0.125. The second kappa shape index (κ2) is 48.8. The topological polar surface area (TPSA) is 462 Å². The summed E-state index contributed by atoms with van der Waals surface area (Å²) in [5.74, 6) is 2.79. The molecule has 20 rings (SSSR count). The standard InChI is InChI=1S/C23H32N6O2.C23H32N6O.C23H31N5O3.C20H23N7O.C19H20N6O2.2H2S/c1-23(2)18-13-24-21(25-17-9-11-28(3)12-10-17)26-19(18)14-29(23)22(31)27-20(15-30)16-7-5-4-6-8-16;1-23(2)17-14-24-21(25-16-10-6-5-7-11-16)26-19(17)15-29(23)22(30)27-18-12-8-9-13-20(18)28(3)4;1-23(2)18-12-24-21(25-16-8-10-17(30)11-9-16)26-19(18)13-28(23)22(31)27-20(14-29)15-6-4-3-5-7-15;1-20(2)16-11-22-18(24-14-7-5-4-6-8-14)25-17(16)12-27(20)19(28)23-10-15-9-21-13-26(15)3;1-19(2)15-9-20-17(23-13-6-4-3-5-7-13)24-16(15)10-25(19)18(26)21-8-14-11-27-12-22-14;;/h4-8,13,17,20,30H,9-12,14-15H2,1-3H3,(H,27,31)(H,24,25,26);5-7,10-11,14,18,20H,8-9,12-13,15H2,1-4H3,(H,27,30)(H,24,25,26);3-7,12,16-17,20,29-30H,8-11,13-14H2,1-2H3,(H,27,31)(H,24,25,26);4-9,11,13H,10,12H2,1-3H3,(H,23,28)(H,22,24,25);3-7,9,11-12H,8,10H2,1-2H3,(H,21,26)(H,20,23,24);2*1H2/t20-;18-,20-;16?,17?,20-;;;;/m111..../s1. The Morgan fingerprint density at radius 3 is 1.11 bits per heavy atom. The van der Waals surface area contributed by atoms with Crippen LogP contribution >= 0.6 is 27.0 Å². The van der Waals surface area contributed by atoms with Gasteiger partial charge in [-0.1, -0.05) is 128 Å². The first-order valence-electron chi connectivity index (χ1n) is 50.4. The number of aliphatic hydroxyl groups is 3. The number of amides is 10. The zero-order valence-corrected chi connectivity index (χ0v) is 89.3. The van der Waals surface area contributed by atoms with Gasteiger partial charge in [0.15, 0.2) is 6.39 Å². The van der Waals surface area contributed by atoms with Crippen LogP contribution in [0.5, 0.6) is 0 Å². The first-order chi connectivity index (χ1) is 70.6. The van der Waals surface area contributed by atoms with Crippen LogP contribution in [-0.2, 0) is 80.6 Å². The fourth-order valence-electron chi connectivity index (χ4n) is 20.2. The normalized spacial score (nSPS) is 18.9. The molecule has 13 heterocycles. The van der Waals surface area contributed by atoms with Gasteiger partial charge in [0, 0.05) is 113 Å². The first-order valence-corrected chi connectivity index (χ1v) is 50.4. The van der Waals surface area contributed by atoms with Crippen LogP contribution in [0.3, 0.4) is 0 Å². The van der Waals surface area contributed by atoms with Crippen molar-refractivity contribution >= 4 is 104 Å². The summed E-state index contributed by atoms with van der Waals surface area (Å²) in [7, 11) is 8.24. The Bertz CT molecular complexity index is 6320. The number of likely N-dealkylation sites (tertiary alicyclic amines) is 1. The van der Waals surface area contributed by atoms with Crippen LogP contribution in [0.4, 0.5) is 70.8 Å². The summed E-state index contributed by atoms with van der Waals surface area (Å²) in [6.45, 7) is 24.7. The second-order valence-corrected chi connectivity index (χ2v) is 41.2. The molecule has 8 aliphatic rings. The van der Waals surface area contributed by atoms with Crippen molar-refractivity contribution < 1.29 is 43.7 Å². The minimum atomic E-state index is -0.566. The van der Waals surface area contributed by atoms with Crippen molar-refractivity contribution in [2.75, 3.05) is 74.0 Å². The number of hydrogen-bond acceptors (Lipinski definition) is 28. The fraction of sp³-hybridized carbons (Fsp3) is 0.435. The highest BCUT2D eigenvalue weighted by molar-refractivity contribution is 7.59. The molecule has 2 aliphatic carbocycles. The number of imidazole rings is 1. The maximum Gasteiger partial charge on any atom is 0.319 e. The highest BCUT2D eigenvalue weighted by atomic mass is 32.1. The number of nitrogens with zero attached hydrogens (tertiary/aromatic N) is 20.